The lowest BCUT2D eigenvalue weighted by Gasteiger charge is -2.30. The molecule has 0 aromatic heterocycles. The van der Waals surface area contributed by atoms with E-state index in [-0.39, 0.29) is 11.9 Å². The van der Waals surface area contributed by atoms with Crippen LogP contribution in [0.1, 0.15) is 35.8 Å². The van der Waals surface area contributed by atoms with Crippen molar-refractivity contribution in [2.75, 3.05) is 19.6 Å². The average molecular weight is 296 g/mol. The lowest BCUT2D eigenvalue weighted by atomic mass is 10.0. The van der Waals surface area contributed by atoms with Gasteiger partial charge in [0.25, 0.3) is 5.91 Å². The maximum atomic E-state index is 12.3. The first kappa shape index (κ1) is 16.2. The molecule has 0 fully saturated rings. The molecule has 2 aromatic carbocycles. The first-order chi connectivity index (χ1) is 10.8. The molecule has 0 heterocycles. The molecule has 0 saturated heterocycles. The number of nitrogens with zero attached hydrogens (tertiary/aromatic N) is 1. The summed E-state index contributed by atoms with van der Waals surface area (Å²) in [6.07, 6.45) is 0. The Morgan fingerprint density at radius 3 is 2.05 bits per heavy atom. The zero-order chi connectivity index (χ0) is 15.8. The molecule has 1 amide bonds. The second-order valence-electron chi connectivity index (χ2n) is 5.22. The zero-order valence-electron chi connectivity index (χ0n) is 13.3. The quantitative estimate of drug-likeness (QED) is 0.848. The lowest BCUT2D eigenvalue weighted by molar-refractivity contribution is 0.0935. The molecule has 0 aliphatic rings. The molecule has 0 radical (unpaired) electrons. The normalized spacial score (nSPS) is 12.1. The number of nitrogens with one attached hydrogen (secondary N) is 1. The van der Waals surface area contributed by atoms with E-state index < -0.39 is 0 Å². The first-order valence-electron chi connectivity index (χ1n) is 7.88. The van der Waals surface area contributed by atoms with Crippen LogP contribution in [0.2, 0.25) is 0 Å². The van der Waals surface area contributed by atoms with Crippen LogP contribution < -0.4 is 5.32 Å². The smallest absolute Gasteiger partial charge is 0.251 e. The third kappa shape index (κ3) is 4.18. The van der Waals surface area contributed by atoms with E-state index in [1.165, 1.54) is 5.56 Å². The minimum atomic E-state index is -0.0197. The van der Waals surface area contributed by atoms with Gasteiger partial charge in [-0.2, -0.15) is 0 Å². The highest BCUT2D eigenvalue weighted by Crippen LogP contribution is 2.19. The number of likely N-dealkylation sites (N-methyl/N-ethyl adjacent to an activating group) is 1. The van der Waals surface area contributed by atoms with E-state index in [4.69, 9.17) is 0 Å². The molecule has 3 heteroatoms. The fraction of sp³-hybridized carbons (Fsp3) is 0.316. The fourth-order valence-corrected chi connectivity index (χ4v) is 2.68. The van der Waals surface area contributed by atoms with Crippen LogP contribution in [0.3, 0.4) is 0 Å². The van der Waals surface area contributed by atoms with Crippen molar-refractivity contribution in [1.82, 2.24) is 10.2 Å². The predicted molar refractivity (Wildman–Crippen MR) is 90.9 cm³/mol. The molecule has 1 unspecified atom stereocenters. The molecule has 116 valence electrons. The maximum Gasteiger partial charge on any atom is 0.251 e. The summed E-state index contributed by atoms with van der Waals surface area (Å²) in [6, 6.07) is 19.9. The summed E-state index contributed by atoms with van der Waals surface area (Å²) < 4.78 is 0. The predicted octanol–water partition coefficient (Wildman–Crippen LogP) is 3.50. The summed E-state index contributed by atoms with van der Waals surface area (Å²) in [4.78, 5) is 14.6. The Balaban J connectivity index is 2.09. The molecule has 3 nitrogen and oxygen atoms in total. The third-order valence-corrected chi connectivity index (χ3v) is 3.93. The maximum absolute atomic E-state index is 12.3. The van der Waals surface area contributed by atoms with Gasteiger partial charge in [-0.05, 0) is 30.8 Å². The molecule has 2 aromatic rings. The van der Waals surface area contributed by atoms with E-state index >= 15 is 0 Å². The summed E-state index contributed by atoms with van der Waals surface area (Å²) in [5.74, 6) is -0.0197. The van der Waals surface area contributed by atoms with Gasteiger partial charge in [-0.1, -0.05) is 62.4 Å². The number of carbonyl (C=O) groups is 1. The van der Waals surface area contributed by atoms with Crippen LogP contribution in [-0.2, 0) is 0 Å². The van der Waals surface area contributed by atoms with Crippen molar-refractivity contribution in [3.05, 3.63) is 71.8 Å². The van der Waals surface area contributed by atoms with Gasteiger partial charge < -0.3 is 5.32 Å². The van der Waals surface area contributed by atoms with Crippen molar-refractivity contribution in [3.63, 3.8) is 0 Å². The SMILES string of the molecule is CCN(CC)C(CNC(=O)c1ccccc1)c1ccccc1. The van der Waals surface area contributed by atoms with Gasteiger partial charge in [-0.3, -0.25) is 9.69 Å². The van der Waals surface area contributed by atoms with Gasteiger partial charge in [-0.25, -0.2) is 0 Å². The van der Waals surface area contributed by atoms with E-state index in [9.17, 15) is 4.79 Å². The monoisotopic (exact) mass is 296 g/mol. The van der Waals surface area contributed by atoms with Gasteiger partial charge in [0.2, 0.25) is 0 Å². The lowest BCUT2D eigenvalue weighted by Crippen LogP contribution is -2.38. The number of rotatable bonds is 7. The van der Waals surface area contributed by atoms with Crippen molar-refractivity contribution in [3.8, 4) is 0 Å². The van der Waals surface area contributed by atoms with Crippen LogP contribution in [0.4, 0.5) is 0 Å². The highest BCUT2D eigenvalue weighted by molar-refractivity contribution is 5.94. The number of hydrogen-bond donors (Lipinski definition) is 1. The largest absolute Gasteiger partial charge is 0.350 e. The van der Waals surface area contributed by atoms with Gasteiger partial charge in [0.15, 0.2) is 0 Å². The van der Waals surface area contributed by atoms with Crippen LogP contribution in [0.15, 0.2) is 60.7 Å². The van der Waals surface area contributed by atoms with Crippen LogP contribution in [-0.4, -0.2) is 30.4 Å². The summed E-state index contributed by atoms with van der Waals surface area (Å²) in [5.41, 5.74) is 1.94. The highest BCUT2D eigenvalue weighted by atomic mass is 16.1. The Morgan fingerprint density at radius 2 is 1.50 bits per heavy atom. The van der Waals surface area contributed by atoms with Crippen molar-refractivity contribution in [2.45, 2.75) is 19.9 Å². The molecular formula is C19H24N2O. The van der Waals surface area contributed by atoms with E-state index in [0.29, 0.717) is 12.1 Å². The first-order valence-corrected chi connectivity index (χ1v) is 7.88. The molecule has 22 heavy (non-hydrogen) atoms. The van der Waals surface area contributed by atoms with Crippen LogP contribution in [0.5, 0.6) is 0 Å². The van der Waals surface area contributed by atoms with E-state index in [2.05, 4.69) is 36.2 Å². The molecule has 0 spiro atoms. The van der Waals surface area contributed by atoms with E-state index in [0.717, 1.165) is 13.1 Å². The zero-order valence-corrected chi connectivity index (χ0v) is 13.3. The topological polar surface area (TPSA) is 32.3 Å². The van der Waals surface area contributed by atoms with Gasteiger partial charge in [-0.15, -0.1) is 0 Å². The minimum Gasteiger partial charge on any atom is -0.350 e. The van der Waals surface area contributed by atoms with Crippen LogP contribution in [0, 0.1) is 0 Å². The molecule has 1 N–H and O–H groups in total. The Morgan fingerprint density at radius 1 is 0.955 bits per heavy atom. The van der Waals surface area contributed by atoms with Crippen molar-refractivity contribution in [2.24, 2.45) is 0 Å². The second-order valence-corrected chi connectivity index (χ2v) is 5.22. The summed E-state index contributed by atoms with van der Waals surface area (Å²) in [6.45, 7) is 6.82. The minimum absolute atomic E-state index is 0.0197. The van der Waals surface area contributed by atoms with Gasteiger partial charge in [0.1, 0.15) is 0 Å². The molecule has 2 rings (SSSR count). The summed E-state index contributed by atoms with van der Waals surface area (Å²) in [5, 5.41) is 3.07. The summed E-state index contributed by atoms with van der Waals surface area (Å²) >= 11 is 0. The van der Waals surface area contributed by atoms with E-state index in [1.54, 1.807) is 0 Å². The van der Waals surface area contributed by atoms with Gasteiger partial charge >= 0.3 is 0 Å². The number of carbonyl (C=O) groups excluding carboxylic acids is 1. The van der Waals surface area contributed by atoms with Crippen LogP contribution >= 0.6 is 0 Å². The Labute approximate surface area is 133 Å². The van der Waals surface area contributed by atoms with Crippen molar-refractivity contribution < 1.29 is 4.79 Å². The Kier molecular flexibility index (Phi) is 6.16. The number of amides is 1. The standard InChI is InChI=1S/C19H24N2O/c1-3-21(4-2)18(16-11-7-5-8-12-16)15-20-19(22)17-13-9-6-10-14-17/h5-14,18H,3-4,15H2,1-2H3,(H,20,22). The van der Waals surface area contributed by atoms with Gasteiger partial charge in [0.05, 0.1) is 6.04 Å². The van der Waals surface area contributed by atoms with Gasteiger partial charge in [0, 0.05) is 12.1 Å². The molecule has 0 bridgehead atoms. The third-order valence-electron chi connectivity index (χ3n) is 3.93. The number of benzene rings is 2. The molecule has 0 saturated carbocycles. The highest BCUT2D eigenvalue weighted by Gasteiger charge is 2.18. The molecular weight excluding hydrogens is 272 g/mol. The van der Waals surface area contributed by atoms with Crippen LogP contribution in [0.25, 0.3) is 0 Å². The summed E-state index contributed by atoms with van der Waals surface area (Å²) in [7, 11) is 0. The van der Waals surface area contributed by atoms with Crippen molar-refractivity contribution >= 4 is 5.91 Å². The Bertz CT molecular complexity index is 565. The average Bonchev–Trinajstić information content (AvgIpc) is 2.60. The number of hydrogen-bond acceptors (Lipinski definition) is 2. The molecule has 0 aliphatic carbocycles. The van der Waals surface area contributed by atoms with Crippen molar-refractivity contribution in [1.29, 1.82) is 0 Å². The molecule has 1 atom stereocenters. The Hall–Kier alpha value is -2.13. The van der Waals surface area contributed by atoms with E-state index in [1.807, 2.05) is 48.5 Å². The second kappa shape index (κ2) is 8.35. The fourth-order valence-electron chi connectivity index (χ4n) is 2.68. The molecule has 0 aliphatic heterocycles.